The molecule has 0 fully saturated rings. The molecule has 4 nitrogen and oxygen atoms in total. The Morgan fingerprint density at radius 1 is 1.13 bits per heavy atom. The normalized spacial score (nSPS) is 13.7. The van der Waals surface area contributed by atoms with E-state index in [0.29, 0.717) is 6.54 Å². The highest BCUT2D eigenvalue weighted by Gasteiger charge is 2.32. The lowest BCUT2D eigenvalue weighted by atomic mass is 10.0. The maximum absolute atomic E-state index is 13.1. The number of carbonyl (C=O) groups excluding carboxylic acids is 1. The summed E-state index contributed by atoms with van der Waals surface area (Å²) in [6.45, 7) is 3.57. The molecule has 0 atom stereocenters. The zero-order valence-electron chi connectivity index (χ0n) is 13.6. The van der Waals surface area contributed by atoms with Crippen LogP contribution in [-0.4, -0.2) is 43.0 Å². The molecule has 4 heteroatoms. The van der Waals surface area contributed by atoms with E-state index in [1.165, 1.54) is 0 Å². The van der Waals surface area contributed by atoms with Crippen molar-refractivity contribution in [3.05, 3.63) is 47.5 Å². The molecule has 1 amide bonds. The fraction of sp³-hybridized carbons (Fsp3) is 0.263. The second kappa shape index (κ2) is 5.03. The largest absolute Gasteiger partial charge is 0.308 e. The SMILES string of the molecule is Cc1ccc2c3c(c4ccccc4nc13)C(=O)N2CCN(C)C. The Balaban J connectivity index is 2.02. The van der Waals surface area contributed by atoms with Gasteiger partial charge < -0.3 is 9.80 Å². The van der Waals surface area contributed by atoms with Crippen molar-refractivity contribution >= 4 is 33.4 Å². The number of pyridine rings is 1. The summed E-state index contributed by atoms with van der Waals surface area (Å²) in [7, 11) is 4.05. The number of likely N-dealkylation sites (N-methyl/N-ethyl adjacent to an activating group) is 1. The number of aryl methyl sites for hydroxylation is 1. The molecule has 2 heterocycles. The van der Waals surface area contributed by atoms with E-state index >= 15 is 0 Å². The van der Waals surface area contributed by atoms with E-state index < -0.39 is 0 Å². The standard InChI is InChI=1S/C19H19N3O/c1-12-8-9-15-17-16(19(23)22(15)11-10-21(2)3)13-6-4-5-7-14(13)20-18(12)17/h4-9H,10-11H2,1-3H3. The van der Waals surface area contributed by atoms with Crippen LogP contribution in [0.5, 0.6) is 0 Å². The number of nitrogens with zero attached hydrogens (tertiary/aromatic N) is 3. The van der Waals surface area contributed by atoms with Crippen LogP contribution < -0.4 is 4.90 Å². The number of amides is 1. The molecule has 0 N–H and O–H groups in total. The molecule has 0 saturated heterocycles. The fourth-order valence-electron chi connectivity index (χ4n) is 3.33. The third-order valence-corrected chi connectivity index (χ3v) is 4.53. The van der Waals surface area contributed by atoms with Crippen molar-refractivity contribution in [1.82, 2.24) is 9.88 Å². The number of benzene rings is 2. The molecule has 116 valence electrons. The van der Waals surface area contributed by atoms with Crippen LogP contribution in [0.15, 0.2) is 36.4 Å². The van der Waals surface area contributed by atoms with E-state index in [1.54, 1.807) is 0 Å². The van der Waals surface area contributed by atoms with Crippen LogP contribution in [0.2, 0.25) is 0 Å². The number of para-hydroxylation sites is 1. The van der Waals surface area contributed by atoms with Crippen LogP contribution in [-0.2, 0) is 0 Å². The van der Waals surface area contributed by atoms with E-state index in [-0.39, 0.29) is 5.91 Å². The summed E-state index contributed by atoms with van der Waals surface area (Å²) in [6.07, 6.45) is 0. The van der Waals surface area contributed by atoms with Gasteiger partial charge in [-0.15, -0.1) is 0 Å². The molecule has 4 rings (SSSR count). The van der Waals surface area contributed by atoms with Gasteiger partial charge in [0.25, 0.3) is 5.91 Å². The number of hydrogen-bond donors (Lipinski definition) is 0. The van der Waals surface area contributed by atoms with Crippen molar-refractivity contribution < 1.29 is 4.79 Å². The van der Waals surface area contributed by atoms with Gasteiger partial charge in [-0.3, -0.25) is 4.79 Å². The van der Waals surface area contributed by atoms with Crippen molar-refractivity contribution in [2.75, 3.05) is 32.1 Å². The van der Waals surface area contributed by atoms with E-state index in [0.717, 1.165) is 45.2 Å². The average Bonchev–Trinajstić information content (AvgIpc) is 2.82. The number of rotatable bonds is 3. The van der Waals surface area contributed by atoms with Crippen LogP contribution >= 0.6 is 0 Å². The van der Waals surface area contributed by atoms with Crippen molar-refractivity contribution in [3.63, 3.8) is 0 Å². The Labute approximate surface area is 135 Å². The molecule has 0 saturated carbocycles. The monoisotopic (exact) mass is 305 g/mol. The first kappa shape index (κ1) is 14.2. The lowest BCUT2D eigenvalue weighted by Gasteiger charge is -2.20. The van der Waals surface area contributed by atoms with E-state index in [1.807, 2.05) is 43.3 Å². The molecule has 1 aromatic heterocycles. The minimum Gasteiger partial charge on any atom is -0.308 e. The van der Waals surface area contributed by atoms with E-state index in [2.05, 4.69) is 24.0 Å². The van der Waals surface area contributed by atoms with Crippen LogP contribution in [0.4, 0.5) is 5.69 Å². The zero-order chi connectivity index (χ0) is 16.1. The van der Waals surface area contributed by atoms with Crippen LogP contribution in [0, 0.1) is 6.92 Å². The molecular formula is C19H19N3O. The maximum Gasteiger partial charge on any atom is 0.259 e. The number of aromatic nitrogens is 1. The molecule has 0 radical (unpaired) electrons. The topological polar surface area (TPSA) is 36.4 Å². The van der Waals surface area contributed by atoms with Gasteiger partial charge in [0, 0.05) is 23.9 Å². The summed E-state index contributed by atoms with van der Waals surface area (Å²) in [4.78, 5) is 21.9. The van der Waals surface area contributed by atoms with Gasteiger partial charge in [0.2, 0.25) is 0 Å². The van der Waals surface area contributed by atoms with Gasteiger partial charge in [-0.25, -0.2) is 4.98 Å². The molecule has 3 aromatic rings. The molecule has 0 aliphatic carbocycles. The quantitative estimate of drug-likeness (QED) is 0.697. The third kappa shape index (κ3) is 2.02. The summed E-state index contributed by atoms with van der Waals surface area (Å²) in [5.41, 5.74) is 4.74. The molecule has 0 bridgehead atoms. The van der Waals surface area contributed by atoms with Gasteiger partial charge in [-0.2, -0.15) is 0 Å². The van der Waals surface area contributed by atoms with Crippen molar-refractivity contribution in [3.8, 4) is 0 Å². The van der Waals surface area contributed by atoms with Gasteiger partial charge in [0.15, 0.2) is 0 Å². The molecule has 2 aromatic carbocycles. The average molecular weight is 305 g/mol. The van der Waals surface area contributed by atoms with Crippen molar-refractivity contribution in [2.45, 2.75) is 6.92 Å². The second-order valence-electron chi connectivity index (χ2n) is 6.39. The first-order chi connectivity index (χ1) is 11.1. The Morgan fingerprint density at radius 3 is 2.70 bits per heavy atom. The second-order valence-corrected chi connectivity index (χ2v) is 6.39. The smallest absolute Gasteiger partial charge is 0.259 e. The van der Waals surface area contributed by atoms with Gasteiger partial charge in [-0.1, -0.05) is 24.3 Å². The van der Waals surface area contributed by atoms with Gasteiger partial charge >= 0.3 is 0 Å². The van der Waals surface area contributed by atoms with Crippen LogP contribution in [0.3, 0.4) is 0 Å². The van der Waals surface area contributed by atoms with Crippen molar-refractivity contribution in [1.29, 1.82) is 0 Å². The molecular weight excluding hydrogens is 286 g/mol. The number of carbonyl (C=O) groups is 1. The number of hydrogen-bond acceptors (Lipinski definition) is 3. The summed E-state index contributed by atoms with van der Waals surface area (Å²) < 4.78 is 0. The zero-order valence-corrected chi connectivity index (χ0v) is 13.6. The molecule has 1 aliphatic rings. The first-order valence-corrected chi connectivity index (χ1v) is 7.86. The highest BCUT2D eigenvalue weighted by Crippen LogP contribution is 2.41. The molecule has 0 spiro atoms. The van der Waals surface area contributed by atoms with Crippen LogP contribution in [0.1, 0.15) is 15.9 Å². The summed E-state index contributed by atoms with van der Waals surface area (Å²) in [5.74, 6) is 0.0936. The molecule has 1 aliphatic heterocycles. The Morgan fingerprint density at radius 2 is 1.91 bits per heavy atom. The Hall–Kier alpha value is -2.46. The van der Waals surface area contributed by atoms with Gasteiger partial charge in [-0.05, 0) is 38.7 Å². The minimum absolute atomic E-state index is 0.0936. The number of fused-ring (bicyclic) bond motifs is 2. The predicted molar refractivity (Wildman–Crippen MR) is 94.2 cm³/mol. The van der Waals surface area contributed by atoms with Gasteiger partial charge in [0.1, 0.15) is 0 Å². The Kier molecular flexibility index (Phi) is 3.10. The summed E-state index contributed by atoms with van der Waals surface area (Å²) >= 11 is 0. The molecule has 0 unspecified atom stereocenters. The van der Waals surface area contributed by atoms with E-state index in [4.69, 9.17) is 4.98 Å². The third-order valence-electron chi connectivity index (χ3n) is 4.53. The Bertz CT molecular complexity index is 946. The highest BCUT2D eigenvalue weighted by atomic mass is 16.2. The van der Waals surface area contributed by atoms with Gasteiger partial charge in [0.05, 0.1) is 22.3 Å². The first-order valence-electron chi connectivity index (χ1n) is 7.86. The predicted octanol–water partition coefficient (Wildman–Crippen LogP) is 3.22. The summed E-state index contributed by atoms with van der Waals surface area (Å²) in [6, 6.07) is 12.0. The van der Waals surface area contributed by atoms with Crippen molar-refractivity contribution in [2.24, 2.45) is 0 Å². The summed E-state index contributed by atoms with van der Waals surface area (Å²) in [5, 5.41) is 1.96. The molecule has 23 heavy (non-hydrogen) atoms. The van der Waals surface area contributed by atoms with E-state index in [9.17, 15) is 4.79 Å². The fourth-order valence-corrected chi connectivity index (χ4v) is 3.33. The maximum atomic E-state index is 13.1. The lowest BCUT2D eigenvalue weighted by molar-refractivity contribution is 0.0993. The van der Waals surface area contributed by atoms with Crippen LogP contribution in [0.25, 0.3) is 21.8 Å². The number of anilines is 1. The lowest BCUT2D eigenvalue weighted by Crippen LogP contribution is -2.34. The highest BCUT2D eigenvalue weighted by molar-refractivity contribution is 6.30. The minimum atomic E-state index is 0.0936.